The maximum atomic E-state index is 13.0. The van der Waals surface area contributed by atoms with Crippen LogP contribution in [0.15, 0.2) is 0 Å². The normalized spacial score (nSPS) is 28.2. The first-order valence-corrected chi connectivity index (χ1v) is 3.91. The minimum atomic E-state index is -3.25. The zero-order valence-corrected chi connectivity index (χ0v) is 6.89. The second kappa shape index (κ2) is 2.97. The van der Waals surface area contributed by atoms with Crippen LogP contribution in [-0.4, -0.2) is 36.4 Å². The Labute approximate surface area is 69.5 Å². The molecule has 2 N–H and O–H groups in total. The highest BCUT2D eigenvalue weighted by Gasteiger charge is 2.54. The number of likely N-dealkylation sites (tertiary alicyclic amines) is 1. The van der Waals surface area contributed by atoms with Crippen LogP contribution in [0.3, 0.4) is 0 Å². The van der Waals surface area contributed by atoms with E-state index in [2.05, 4.69) is 0 Å². The fraction of sp³-hybridized carbons (Fsp3) is 0.857. The SMILES string of the molecule is CCN1C[C@@H](CN)C(F)(F)C1=O. The number of alkyl halides is 2. The first kappa shape index (κ1) is 9.38. The summed E-state index contributed by atoms with van der Waals surface area (Å²) >= 11 is 0. The highest BCUT2D eigenvalue weighted by atomic mass is 19.3. The topological polar surface area (TPSA) is 46.3 Å². The average Bonchev–Trinajstić information content (AvgIpc) is 2.25. The van der Waals surface area contributed by atoms with E-state index in [-0.39, 0.29) is 13.1 Å². The van der Waals surface area contributed by atoms with Gasteiger partial charge < -0.3 is 10.6 Å². The van der Waals surface area contributed by atoms with E-state index in [1.165, 1.54) is 0 Å². The molecule has 0 radical (unpaired) electrons. The Morgan fingerprint density at radius 1 is 1.75 bits per heavy atom. The second-order valence-electron chi connectivity index (χ2n) is 2.90. The van der Waals surface area contributed by atoms with Crippen molar-refractivity contribution in [2.75, 3.05) is 19.6 Å². The Kier molecular flexibility index (Phi) is 2.32. The van der Waals surface area contributed by atoms with Crippen molar-refractivity contribution in [3.8, 4) is 0 Å². The lowest BCUT2D eigenvalue weighted by Gasteiger charge is -2.12. The smallest absolute Gasteiger partial charge is 0.330 e. The van der Waals surface area contributed by atoms with Crippen LogP contribution in [0.4, 0.5) is 8.78 Å². The second-order valence-corrected chi connectivity index (χ2v) is 2.90. The molecule has 0 unspecified atom stereocenters. The predicted octanol–water partition coefficient (Wildman–Crippen LogP) is 0.0587. The zero-order valence-electron chi connectivity index (χ0n) is 6.89. The van der Waals surface area contributed by atoms with E-state index < -0.39 is 17.7 Å². The van der Waals surface area contributed by atoms with Gasteiger partial charge in [-0.3, -0.25) is 4.79 Å². The molecule has 0 saturated carbocycles. The number of carbonyl (C=O) groups excluding carboxylic acids is 1. The van der Waals surface area contributed by atoms with E-state index in [1.54, 1.807) is 6.92 Å². The standard InChI is InChI=1S/C7H12F2N2O/c1-2-11-4-5(3-10)7(8,9)6(11)12/h5H,2-4,10H2,1H3/t5-/m1/s1. The number of halogens is 2. The molecule has 1 aliphatic heterocycles. The molecule has 5 heteroatoms. The van der Waals surface area contributed by atoms with Crippen LogP contribution in [-0.2, 0) is 4.79 Å². The molecule has 70 valence electrons. The predicted molar refractivity (Wildman–Crippen MR) is 39.7 cm³/mol. The Bertz CT molecular complexity index is 196. The summed E-state index contributed by atoms with van der Waals surface area (Å²) in [6.45, 7) is 1.94. The van der Waals surface area contributed by atoms with Gasteiger partial charge in [0, 0.05) is 19.6 Å². The summed E-state index contributed by atoms with van der Waals surface area (Å²) in [6.07, 6.45) is 0. The van der Waals surface area contributed by atoms with Crippen molar-refractivity contribution in [1.29, 1.82) is 0 Å². The first-order valence-electron chi connectivity index (χ1n) is 3.91. The van der Waals surface area contributed by atoms with Crippen LogP contribution >= 0.6 is 0 Å². The lowest BCUT2D eigenvalue weighted by Crippen LogP contribution is -2.37. The molecule has 1 aliphatic rings. The Balaban J connectivity index is 2.80. The number of nitrogens with two attached hydrogens (primary N) is 1. The summed E-state index contributed by atoms with van der Waals surface area (Å²) in [5, 5.41) is 0. The third-order valence-corrected chi connectivity index (χ3v) is 2.19. The molecule has 0 aromatic rings. The van der Waals surface area contributed by atoms with E-state index in [0.717, 1.165) is 4.90 Å². The lowest BCUT2D eigenvalue weighted by molar-refractivity contribution is -0.150. The van der Waals surface area contributed by atoms with E-state index in [9.17, 15) is 13.6 Å². The number of hydrogen-bond donors (Lipinski definition) is 1. The van der Waals surface area contributed by atoms with Crippen LogP contribution < -0.4 is 5.73 Å². The summed E-state index contributed by atoms with van der Waals surface area (Å²) in [5.41, 5.74) is 5.13. The quantitative estimate of drug-likeness (QED) is 0.649. The van der Waals surface area contributed by atoms with Gasteiger partial charge in [0.25, 0.3) is 5.91 Å². The molecule has 1 heterocycles. The molecule has 3 nitrogen and oxygen atoms in total. The van der Waals surface area contributed by atoms with Crippen molar-refractivity contribution in [2.45, 2.75) is 12.8 Å². The molecule has 1 saturated heterocycles. The molecular formula is C7H12F2N2O. The molecule has 1 fully saturated rings. The first-order chi connectivity index (χ1) is 5.54. The minimum Gasteiger partial charge on any atom is -0.337 e. The van der Waals surface area contributed by atoms with Gasteiger partial charge in [0.05, 0.1) is 5.92 Å². The largest absolute Gasteiger partial charge is 0.337 e. The highest BCUT2D eigenvalue weighted by Crippen LogP contribution is 2.33. The molecule has 0 aliphatic carbocycles. The van der Waals surface area contributed by atoms with E-state index in [1.807, 2.05) is 0 Å². The third-order valence-electron chi connectivity index (χ3n) is 2.19. The van der Waals surface area contributed by atoms with Crippen LogP contribution in [0.2, 0.25) is 0 Å². The Morgan fingerprint density at radius 2 is 2.33 bits per heavy atom. The molecule has 0 spiro atoms. The van der Waals surface area contributed by atoms with E-state index >= 15 is 0 Å². The Morgan fingerprint density at radius 3 is 2.58 bits per heavy atom. The van der Waals surface area contributed by atoms with Crippen molar-refractivity contribution in [3.63, 3.8) is 0 Å². The number of hydrogen-bond acceptors (Lipinski definition) is 2. The molecule has 1 rings (SSSR count). The lowest BCUT2D eigenvalue weighted by atomic mass is 10.1. The van der Waals surface area contributed by atoms with Gasteiger partial charge in [0.1, 0.15) is 0 Å². The van der Waals surface area contributed by atoms with E-state index in [4.69, 9.17) is 5.73 Å². The minimum absolute atomic E-state index is 0.0822. The number of rotatable bonds is 2. The van der Waals surface area contributed by atoms with Crippen LogP contribution in [0, 0.1) is 5.92 Å². The summed E-state index contributed by atoms with van der Waals surface area (Å²) in [5.74, 6) is -5.34. The van der Waals surface area contributed by atoms with Crippen molar-refractivity contribution in [1.82, 2.24) is 4.90 Å². The number of carbonyl (C=O) groups is 1. The van der Waals surface area contributed by atoms with Crippen molar-refractivity contribution in [2.24, 2.45) is 11.7 Å². The van der Waals surface area contributed by atoms with Gasteiger partial charge in [0.15, 0.2) is 0 Å². The summed E-state index contributed by atoms with van der Waals surface area (Å²) in [4.78, 5) is 12.1. The molecule has 12 heavy (non-hydrogen) atoms. The summed E-state index contributed by atoms with van der Waals surface area (Å²) in [7, 11) is 0. The molecule has 1 atom stereocenters. The number of nitrogens with zero attached hydrogens (tertiary/aromatic N) is 1. The molecule has 0 aromatic heterocycles. The van der Waals surface area contributed by atoms with Gasteiger partial charge >= 0.3 is 5.92 Å². The fourth-order valence-corrected chi connectivity index (χ4v) is 1.34. The molecular weight excluding hydrogens is 166 g/mol. The van der Waals surface area contributed by atoms with Gasteiger partial charge in [-0.25, -0.2) is 0 Å². The van der Waals surface area contributed by atoms with Gasteiger partial charge in [0.2, 0.25) is 0 Å². The van der Waals surface area contributed by atoms with Crippen molar-refractivity contribution < 1.29 is 13.6 Å². The summed E-state index contributed by atoms with van der Waals surface area (Å²) < 4.78 is 25.9. The van der Waals surface area contributed by atoms with Gasteiger partial charge in [-0.1, -0.05) is 0 Å². The fourth-order valence-electron chi connectivity index (χ4n) is 1.34. The third kappa shape index (κ3) is 1.18. The molecule has 1 amide bonds. The van der Waals surface area contributed by atoms with Crippen LogP contribution in [0.1, 0.15) is 6.92 Å². The molecule has 0 aromatic carbocycles. The maximum absolute atomic E-state index is 13.0. The van der Waals surface area contributed by atoms with Crippen molar-refractivity contribution >= 4 is 5.91 Å². The van der Waals surface area contributed by atoms with Gasteiger partial charge in [-0.15, -0.1) is 0 Å². The zero-order chi connectivity index (χ0) is 9.35. The number of amides is 1. The van der Waals surface area contributed by atoms with Gasteiger partial charge in [-0.05, 0) is 6.92 Å². The van der Waals surface area contributed by atoms with Crippen LogP contribution in [0.25, 0.3) is 0 Å². The summed E-state index contributed by atoms with van der Waals surface area (Å²) in [6, 6.07) is 0. The Hall–Kier alpha value is -0.710. The average molecular weight is 178 g/mol. The maximum Gasteiger partial charge on any atom is 0.330 e. The monoisotopic (exact) mass is 178 g/mol. The molecule has 0 bridgehead atoms. The van der Waals surface area contributed by atoms with Gasteiger partial charge in [-0.2, -0.15) is 8.78 Å². The van der Waals surface area contributed by atoms with Crippen molar-refractivity contribution in [3.05, 3.63) is 0 Å². The van der Waals surface area contributed by atoms with Crippen LogP contribution in [0.5, 0.6) is 0 Å². The highest BCUT2D eigenvalue weighted by molar-refractivity contribution is 5.86. The van der Waals surface area contributed by atoms with E-state index in [0.29, 0.717) is 6.54 Å².